The van der Waals surface area contributed by atoms with Gasteiger partial charge in [0.2, 0.25) is 11.9 Å². The predicted octanol–water partition coefficient (Wildman–Crippen LogP) is 4.05. The normalized spacial score (nSPS) is 18.2. The molecule has 2 aliphatic rings. The van der Waals surface area contributed by atoms with Gasteiger partial charge in [0.05, 0.1) is 12.2 Å². The van der Waals surface area contributed by atoms with E-state index in [1.807, 2.05) is 18.7 Å². The van der Waals surface area contributed by atoms with Crippen LogP contribution in [0.1, 0.15) is 69.3 Å². The lowest BCUT2D eigenvalue weighted by molar-refractivity contribution is -0.128. The van der Waals surface area contributed by atoms with Crippen LogP contribution in [-0.4, -0.2) is 61.4 Å². The van der Waals surface area contributed by atoms with Crippen molar-refractivity contribution in [2.75, 3.05) is 31.5 Å². The number of anilines is 1. The number of rotatable bonds is 9. The van der Waals surface area contributed by atoms with Crippen LogP contribution >= 0.6 is 0 Å². The number of fused-ring (bicyclic) bond motifs is 1. The van der Waals surface area contributed by atoms with Crippen LogP contribution in [0.5, 0.6) is 0 Å². The van der Waals surface area contributed by atoms with Gasteiger partial charge in [-0.2, -0.15) is 4.98 Å². The summed E-state index contributed by atoms with van der Waals surface area (Å²) >= 11 is 0. The fraction of sp³-hybridized carbons (Fsp3) is 0.500. The number of nitrogens with zero attached hydrogens (tertiary/aromatic N) is 5. The minimum Gasteiger partial charge on any atom is -0.348 e. The van der Waals surface area contributed by atoms with Crippen molar-refractivity contribution in [1.82, 2.24) is 29.3 Å². The van der Waals surface area contributed by atoms with Gasteiger partial charge in [-0.25, -0.2) is 9.78 Å². The van der Waals surface area contributed by atoms with E-state index < -0.39 is 0 Å². The van der Waals surface area contributed by atoms with Gasteiger partial charge < -0.3 is 15.2 Å². The lowest BCUT2D eigenvalue weighted by atomic mass is 9.96. The second kappa shape index (κ2) is 10.5. The lowest BCUT2D eigenvalue weighted by Crippen LogP contribution is -2.49. The van der Waals surface area contributed by atoms with Crippen molar-refractivity contribution in [3.63, 3.8) is 0 Å². The molecular weight excluding hydrogens is 466 g/mol. The first-order chi connectivity index (χ1) is 17.8. The molecule has 196 valence electrons. The zero-order valence-electron chi connectivity index (χ0n) is 22.0. The number of carbonyl (C=O) groups is 1. The number of piperazine rings is 1. The van der Waals surface area contributed by atoms with E-state index in [9.17, 15) is 9.59 Å². The number of nitrogens with one attached hydrogen (secondary N) is 2. The highest BCUT2D eigenvalue weighted by molar-refractivity contribution is 5.87. The van der Waals surface area contributed by atoms with Crippen molar-refractivity contribution in [3.05, 3.63) is 64.7 Å². The first-order valence-electron chi connectivity index (χ1n) is 13.3. The number of imidazole rings is 1. The Morgan fingerprint density at radius 2 is 1.81 bits per heavy atom. The summed E-state index contributed by atoms with van der Waals surface area (Å²) in [6.45, 7) is 12.9. The van der Waals surface area contributed by atoms with Gasteiger partial charge in [-0.1, -0.05) is 43.7 Å². The Hall–Kier alpha value is -3.46. The van der Waals surface area contributed by atoms with Crippen molar-refractivity contribution < 1.29 is 4.79 Å². The Bertz CT molecular complexity index is 1310. The number of amides is 1. The molecule has 37 heavy (non-hydrogen) atoms. The van der Waals surface area contributed by atoms with Gasteiger partial charge in [0.15, 0.2) is 5.65 Å². The quantitative estimate of drug-likeness (QED) is 0.428. The third-order valence-corrected chi connectivity index (χ3v) is 7.64. The van der Waals surface area contributed by atoms with Crippen LogP contribution in [0.3, 0.4) is 0 Å². The SMILES string of the molecule is C=CC(=O)N1CCN(C(CC2CC2)c2ccc([C@H](C)Nc3ncc4[nH]c(=O)n(C(C)C)c4n3)cc2)CC1. The summed E-state index contributed by atoms with van der Waals surface area (Å²) in [6, 6.07) is 9.23. The first-order valence-corrected chi connectivity index (χ1v) is 13.3. The summed E-state index contributed by atoms with van der Waals surface area (Å²) in [5.74, 6) is 1.33. The molecule has 1 amide bonds. The van der Waals surface area contributed by atoms with E-state index in [1.54, 1.807) is 10.8 Å². The fourth-order valence-electron chi connectivity index (χ4n) is 5.30. The number of H-pyrrole nitrogens is 1. The maximum Gasteiger partial charge on any atom is 0.327 e. The van der Waals surface area contributed by atoms with Crippen molar-refractivity contribution in [2.24, 2.45) is 5.92 Å². The smallest absolute Gasteiger partial charge is 0.327 e. The van der Waals surface area contributed by atoms with Crippen LogP contribution in [0, 0.1) is 5.92 Å². The molecule has 1 aromatic carbocycles. The number of benzene rings is 1. The van der Waals surface area contributed by atoms with E-state index >= 15 is 0 Å². The highest BCUT2D eigenvalue weighted by Crippen LogP contribution is 2.40. The predicted molar refractivity (Wildman–Crippen MR) is 145 cm³/mol. The molecule has 2 fully saturated rings. The number of hydrogen-bond donors (Lipinski definition) is 2. The number of hydrogen-bond acceptors (Lipinski definition) is 6. The van der Waals surface area contributed by atoms with Gasteiger partial charge in [-0.05, 0) is 50.3 Å². The second-order valence-electron chi connectivity index (χ2n) is 10.6. The largest absolute Gasteiger partial charge is 0.348 e. The molecule has 0 radical (unpaired) electrons. The number of carbonyl (C=O) groups excluding carboxylic acids is 1. The van der Waals surface area contributed by atoms with Gasteiger partial charge >= 0.3 is 5.69 Å². The van der Waals surface area contributed by atoms with Crippen molar-refractivity contribution in [1.29, 1.82) is 0 Å². The lowest BCUT2D eigenvalue weighted by Gasteiger charge is -2.39. The van der Waals surface area contributed by atoms with Crippen molar-refractivity contribution in [2.45, 2.75) is 58.2 Å². The number of aromatic nitrogens is 4. The second-order valence-corrected chi connectivity index (χ2v) is 10.6. The Labute approximate surface area is 217 Å². The first kappa shape index (κ1) is 25.2. The number of aromatic amines is 1. The van der Waals surface area contributed by atoms with E-state index in [0.29, 0.717) is 23.2 Å². The van der Waals surface area contributed by atoms with Crippen molar-refractivity contribution >= 4 is 23.0 Å². The Balaban J connectivity index is 1.29. The average molecular weight is 504 g/mol. The molecule has 0 spiro atoms. The molecule has 3 heterocycles. The summed E-state index contributed by atoms with van der Waals surface area (Å²) in [5, 5.41) is 3.39. The molecule has 5 rings (SSSR count). The van der Waals surface area contributed by atoms with Gasteiger partial charge in [0, 0.05) is 38.3 Å². The summed E-state index contributed by atoms with van der Waals surface area (Å²) in [4.78, 5) is 40.5. The van der Waals surface area contributed by atoms with Gasteiger partial charge in [-0.3, -0.25) is 14.3 Å². The zero-order chi connectivity index (χ0) is 26.1. The van der Waals surface area contributed by atoms with E-state index in [1.165, 1.54) is 30.9 Å². The topological polar surface area (TPSA) is 99.2 Å². The third kappa shape index (κ3) is 5.46. The Morgan fingerprint density at radius 1 is 1.14 bits per heavy atom. The van der Waals surface area contributed by atoms with Crippen LogP contribution in [0.15, 0.2) is 47.9 Å². The monoisotopic (exact) mass is 503 g/mol. The van der Waals surface area contributed by atoms with Gasteiger partial charge in [0.25, 0.3) is 0 Å². The molecule has 9 nitrogen and oxygen atoms in total. The molecule has 2 aromatic heterocycles. The molecule has 2 atom stereocenters. The molecule has 3 aromatic rings. The highest BCUT2D eigenvalue weighted by atomic mass is 16.2. The van der Waals surface area contributed by atoms with Crippen LogP contribution < -0.4 is 11.0 Å². The summed E-state index contributed by atoms with van der Waals surface area (Å²) < 4.78 is 1.65. The average Bonchev–Trinajstić information content (AvgIpc) is 3.66. The Kier molecular flexibility index (Phi) is 7.15. The zero-order valence-corrected chi connectivity index (χ0v) is 22.0. The Morgan fingerprint density at radius 3 is 2.43 bits per heavy atom. The van der Waals surface area contributed by atoms with Crippen molar-refractivity contribution in [3.8, 4) is 0 Å². The maximum absolute atomic E-state index is 12.3. The standard InChI is InChI=1S/C28H37N7O2/c1-5-25(36)34-14-12-33(13-15-34)24(16-20-6-7-20)22-10-8-21(9-11-22)19(4)30-27-29-17-23-26(32-27)35(18(2)3)28(37)31-23/h5,8-11,17-20,24H,1,6-7,12-16H2,2-4H3,(H,31,37)(H,29,30,32)/t19-,24?/m0/s1. The molecule has 1 unspecified atom stereocenters. The molecule has 1 aliphatic carbocycles. The molecule has 1 aliphatic heterocycles. The molecule has 1 saturated carbocycles. The summed E-state index contributed by atoms with van der Waals surface area (Å²) in [5.41, 5.74) is 3.55. The molecule has 1 saturated heterocycles. The van der Waals surface area contributed by atoms with E-state index in [0.717, 1.165) is 37.7 Å². The fourth-order valence-corrected chi connectivity index (χ4v) is 5.30. The van der Waals surface area contributed by atoms with Crippen LogP contribution in [0.25, 0.3) is 11.2 Å². The third-order valence-electron chi connectivity index (χ3n) is 7.64. The molecule has 2 N–H and O–H groups in total. The maximum atomic E-state index is 12.3. The van der Waals surface area contributed by atoms with Crippen LogP contribution in [0.4, 0.5) is 5.95 Å². The molecular formula is C28H37N7O2. The minimum absolute atomic E-state index is 0.00000597. The summed E-state index contributed by atoms with van der Waals surface area (Å²) in [6.07, 6.45) is 6.88. The molecule has 9 heteroatoms. The minimum atomic E-state index is -0.172. The summed E-state index contributed by atoms with van der Waals surface area (Å²) in [7, 11) is 0. The highest BCUT2D eigenvalue weighted by Gasteiger charge is 2.32. The van der Waals surface area contributed by atoms with Gasteiger partial charge in [-0.15, -0.1) is 0 Å². The van der Waals surface area contributed by atoms with E-state index in [4.69, 9.17) is 0 Å². The van der Waals surface area contributed by atoms with Crippen LogP contribution in [0.2, 0.25) is 0 Å². The van der Waals surface area contributed by atoms with Gasteiger partial charge in [0.1, 0.15) is 5.52 Å². The van der Waals surface area contributed by atoms with Crippen LogP contribution in [-0.2, 0) is 4.79 Å². The molecule has 0 bridgehead atoms. The van der Waals surface area contributed by atoms with E-state index in [2.05, 4.69) is 62.9 Å². The van der Waals surface area contributed by atoms with E-state index in [-0.39, 0.29) is 23.7 Å².